The first-order valence-electron chi connectivity index (χ1n) is 5.29. The van der Waals surface area contributed by atoms with E-state index in [0.717, 1.165) is 11.3 Å². The Balaban J connectivity index is 2.22. The number of halogens is 1. The van der Waals surface area contributed by atoms with Gasteiger partial charge in [0.05, 0.1) is 5.69 Å². The smallest absolute Gasteiger partial charge is 0.220 e. The van der Waals surface area contributed by atoms with Crippen LogP contribution in [0.2, 0.25) is 0 Å². The standard InChI is InChI=1S/C12H9FN4S/c1-18-12-15-11-14-7-6-10(17(11)16-12)8-2-4-9(13)5-3-8/h2-7H,1H3. The predicted molar refractivity (Wildman–Crippen MR) is 68.0 cm³/mol. The van der Waals surface area contributed by atoms with Crippen molar-refractivity contribution in [1.82, 2.24) is 19.6 Å². The summed E-state index contributed by atoms with van der Waals surface area (Å²) in [5.74, 6) is 0.286. The van der Waals surface area contributed by atoms with E-state index in [1.807, 2.05) is 12.3 Å². The molecule has 0 aliphatic heterocycles. The fraction of sp³-hybridized carbons (Fsp3) is 0.0833. The summed E-state index contributed by atoms with van der Waals surface area (Å²) in [6, 6.07) is 8.11. The maximum Gasteiger partial charge on any atom is 0.253 e. The van der Waals surface area contributed by atoms with Gasteiger partial charge in [0.2, 0.25) is 5.16 Å². The molecule has 0 amide bonds. The van der Waals surface area contributed by atoms with E-state index in [0.29, 0.717) is 10.9 Å². The molecule has 6 heteroatoms. The summed E-state index contributed by atoms with van der Waals surface area (Å²) in [7, 11) is 0. The molecule has 0 aliphatic rings. The summed E-state index contributed by atoms with van der Waals surface area (Å²) in [5.41, 5.74) is 1.72. The molecule has 0 spiro atoms. The molecule has 0 N–H and O–H groups in total. The van der Waals surface area contributed by atoms with Crippen LogP contribution < -0.4 is 0 Å². The van der Waals surface area contributed by atoms with Crippen molar-refractivity contribution < 1.29 is 4.39 Å². The number of aromatic nitrogens is 4. The first kappa shape index (κ1) is 11.2. The quantitative estimate of drug-likeness (QED) is 0.664. The topological polar surface area (TPSA) is 43.1 Å². The third-order valence-corrected chi connectivity index (χ3v) is 3.08. The normalized spacial score (nSPS) is 11.0. The molecule has 0 aliphatic carbocycles. The maximum atomic E-state index is 12.9. The van der Waals surface area contributed by atoms with Gasteiger partial charge >= 0.3 is 0 Å². The third-order valence-electron chi connectivity index (χ3n) is 2.54. The zero-order chi connectivity index (χ0) is 12.5. The van der Waals surface area contributed by atoms with E-state index in [2.05, 4.69) is 15.1 Å². The maximum absolute atomic E-state index is 12.9. The number of hydrogen-bond acceptors (Lipinski definition) is 4. The lowest BCUT2D eigenvalue weighted by molar-refractivity contribution is 0.628. The zero-order valence-corrected chi connectivity index (χ0v) is 10.4. The van der Waals surface area contributed by atoms with Gasteiger partial charge in [-0.2, -0.15) is 9.50 Å². The van der Waals surface area contributed by atoms with E-state index in [-0.39, 0.29) is 5.82 Å². The molecule has 2 aromatic heterocycles. The molecule has 0 saturated carbocycles. The van der Waals surface area contributed by atoms with Gasteiger partial charge in [0.25, 0.3) is 5.78 Å². The molecule has 0 bridgehead atoms. The summed E-state index contributed by atoms with van der Waals surface area (Å²) in [6.07, 6.45) is 3.58. The second-order valence-corrected chi connectivity index (χ2v) is 4.42. The highest BCUT2D eigenvalue weighted by Crippen LogP contribution is 2.20. The molecule has 3 rings (SSSR count). The highest BCUT2D eigenvalue weighted by Gasteiger charge is 2.09. The van der Waals surface area contributed by atoms with Crippen LogP contribution in [0.1, 0.15) is 0 Å². The molecule has 90 valence electrons. The Morgan fingerprint density at radius 2 is 1.94 bits per heavy atom. The number of benzene rings is 1. The van der Waals surface area contributed by atoms with Crippen molar-refractivity contribution in [3.05, 3.63) is 42.3 Å². The van der Waals surface area contributed by atoms with Crippen molar-refractivity contribution in [3.8, 4) is 11.3 Å². The van der Waals surface area contributed by atoms with Crippen molar-refractivity contribution in [2.45, 2.75) is 5.16 Å². The molecule has 0 saturated heterocycles. The molecular formula is C12H9FN4S. The molecule has 4 nitrogen and oxygen atoms in total. The largest absolute Gasteiger partial charge is 0.253 e. The van der Waals surface area contributed by atoms with Gasteiger partial charge < -0.3 is 0 Å². The number of nitrogens with zero attached hydrogens (tertiary/aromatic N) is 4. The fourth-order valence-corrected chi connectivity index (χ4v) is 2.04. The minimum atomic E-state index is -0.257. The fourth-order valence-electron chi connectivity index (χ4n) is 1.70. The minimum absolute atomic E-state index is 0.257. The van der Waals surface area contributed by atoms with Crippen LogP contribution in [0, 0.1) is 5.82 Å². The van der Waals surface area contributed by atoms with Crippen molar-refractivity contribution in [2.24, 2.45) is 0 Å². The van der Waals surface area contributed by atoms with Crippen LogP contribution in [0.5, 0.6) is 0 Å². The third kappa shape index (κ3) is 1.84. The molecule has 0 unspecified atom stereocenters. The van der Waals surface area contributed by atoms with Gasteiger partial charge in [0.1, 0.15) is 5.82 Å². The van der Waals surface area contributed by atoms with Gasteiger partial charge in [0, 0.05) is 11.8 Å². The van der Waals surface area contributed by atoms with Crippen molar-refractivity contribution in [1.29, 1.82) is 0 Å². The average Bonchev–Trinajstić information content (AvgIpc) is 2.82. The molecule has 3 aromatic rings. The second kappa shape index (κ2) is 4.38. The van der Waals surface area contributed by atoms with Crippen molar-refractivity contribution >= 4 is 17.5 Å². The Kier molecular flexibility index (Phi) is 2.71. The number of thioether (sulfide) groups is 1. The Morgan fingerprint density at radius 3 is 2.67 bits per heavy atom. The summed E-state index contributed by atoms with van der Waals surface area (Å²) in [4.78, 5) is 8.42. The second-order valence-electron chi connectivity index (χ2n) is 3.65. The van der Waals surface area contributed by atoms with Crippen LogP contribution in [0.3, 0.4) is 0 Å². The highest BCUT2D eigenvalue weighted by molar-refractivity contribution is 7.98. The zero-order valence-electron chi connectivity index (χ0n) is 9.54. The molecule has 0 atom stereocenters. The van der Waals surface area contributed by atoms with E-state index in [9.17, 15) is 4.39 Å². The van der Waals surface area contributed by atoms with E-state index in [1.54, 1.807) is 22.8 Å². The Labute approximate surface area is 107 Å². The van der Waals surface area contributed by atoms with Gasteiger partial charge in [-0.05, 0) is 36.6 Å². The average molecular weight is 260 g/mol. The van der Waals surface area contributed by atoms with Crippen LogP contribution >= 0.6 is 11.8 Å². The van der Waals surface area contributed by atoms with Gasteiger partial charge in [-0.25, -0.2) is 9.37 Å². The van der Waals surface area contributed by atoms with Crippen molar-refractivity contribution in [3.63, 3.8) is 0 Å². The van der Waals surface area contributed by atoms with Crippen LogP contribution in [0.15, 0.2) is 41.7 Å². The van der Waals surface area contributed by atoms with Crippen molar-refractivity contribution in [2.75, 3.05) is 6.26 Å². The van der Waals surface area contributed by atoms with E-state index < -0.39 is 0 Å². The van der Waals surface area contributed by atoms with Gasteiger partial charge in [-0.3, -0.25) is 0 Å². The van der Waals surface area contributed by atoms with E-state index in [1.165, 1.54) is 23.9 Å². The van der Waals surface area contributed by atoms with Crippen LogP contribution in [-0.4, -0.2) is 25.8 Å². The lowest BCUT2D eigenvalue weighted by Gasteiger charge is -2.02. The number of rotatable bonds is 2. The Bertz CT molecular complexity index is 693. The Hall–Kier alpha value is -1.95. The van der Waals surface area contributed by atoms with Gasteiger partial charge in [-0.15, -0.1) is 5.10 Å². The first-order valence-corrected chi connectivity index (χ1v) is 6.52. The van der Waals surface area contributed by atoms with E-state index >= 15 is 0 Å². The summed E-state index contributed by atoms with van der Waals surface area (Å²) < 4.78 is 14.6. The van der Waals surface area contributed by atoms with Crippen LogP contribution in [0.4, 0.5) is 4.39 Å². The van der Waals surface area contributed by atoms with Gasteiger partial charge in [0.15, 0.2) is 0 Å². The lowest BCUT2D eigenvalue weighted by Crippen LogP contribution is -1.95. The number of hydrogen-bond donors (Lipinski definition) is 0. The molecule has 18 heavy (non-hydrogen) atoms. The molecule has 1 aromatic carbocycles. The molecule has 0 radical (unpaired) electrons. The lowest BCUT2D eigenvalue weighted by atomic mass is 10.1. The van der Waals surface area contributed by atoms with Crippen LogP contribution in [-0.2, 0) is 0 Å². The number of fused-ring (bicyclic) bond motifs is 1. The first-order chi connectivity index (χ1) is 8.78. The minimum Gasteiger partial charge on any atom is -0.220 e. The summed E-state index contributed by atoms with van der Waals surface area (Å²) >= 11 is 1.46. The SMILES string of the molecule is CSc1nc2nccc(-c3ccc(F)cc3)n2n1. The molecule has 0 fully saturated rings. The highest BCUT2D eigenvalue weighted by atomic mass is 32.2. The monoisotopic (exact) mass is 260 g/mol. The molecular weight excluding hydrogens is 251 g/mol. The summed E-state index contributed by atoms with van der Waals surface area (Å²) in [6.45, 7) is 0. The predicted octanol–water partition coefficient (Wildman–Crippen LogP) is 2.65. The molecule has 2 heterocycles. The van der Waals surface area contributed by atoms with Gasteiger partial charge in [-0.1, -0.05) is 11.8 Å². The van der Waals surface area contributed by atoms with Crippen LogP contribution in [0.25, 0.3) is 17.0 Å². The Morgan fingerprint density at radius 1 is 1.17 bits per heavy atom. The van der Waals surface area contributed by atoms with E-state index in [4.69, 9.17) is 0 Å². The summed E-state index contributed by atoms with van der Waals surface area (Å²) in [5, 5.41) is 5.01.